The first-order valence-electron chi connectivity index (χ1n) is 8.29. The van der Waals surface area contributed by atoms with Crippen LogP contribution in [0.4, 0.5) is 0 Å². The molecule has 0 bridgehead atoms. The Balaban J connectivity index is 1.79. The minimum absolute atomic E-state index is 0.0489. The van der Waals surface area contributed by atoms with Crippen LogP contribution in [0.15, 0.2) is 36.4 Å². The first-order chi connectivity index (χ1) is 11.9. The number of benzene rings is 2. The van der Waals surface area contributed by atoms with Crippen LogP contribution < -0.4 is 10.1 Å². The van der Waals surface area contributed by atoms with Crippen LogP contribution in [0.2, 0.25) is 10.0 Å². The summed E-state index contributed by atoms with van der Waals surface area (Å²) in [6.07, 6.45) is 0.840. The highest BCUT2D eigenvalue weighted by molar-refractivity contribution is 6.36. The summed E-state index contributed by atoms with van der Waals surface area (Å²) in [7, 11) is 0. The van der Waals surface area contributed by atoms with E-state index < -0.39 is 0 Å². The third-order valence-corrected chi connectivity index (χ3v) is 4.76. The Labute approximate surface area is 159 Å². The zero-order valence-corrected chi connectivity index (χ0v) is 16.2. The molecule has 0 spiro atoms. The van der Waals surface area contributed by atoms with E-state index in [-0.39, 0.29) is 11.9 Å². The highest BCUT2D eigenvalue weighted by atomic mass is 35.5. The Kier molecular flexibility index (Phi) is 7.15. The number of hydrogen-bond acceptors (Lipinski definition) is 2. The van der Waals surface area contributed by atoms with Crippen molar-refractivity contribution in [2.24, 2.45) is 0 Å². The largest absolute Gasteiger partial charge is 0.491 e. The van der Waals surface area contributed by atoms with E-state index in [1.165, 1.54) is 11.1 Å². The van der Waals surface area contributed by atoms with Gasteiger partial charge in [-0.25, -0.2) is 0 Å². The Morgan fingerprint density at radius 2 is 1.80 bits per heavy atom. The van der Waals surface area contributed by atoms with Gasteiger partial charge in [0.25, 0.3) is 0 Å². The topological polar surface area (TPSA) is 38.3 Å². The second kappa shape index (κ2) is 9.12. The Bertz CT molecular complexity index is 726. The van der Waals surface area contributed by atoms with Gasteiger partial charge in [0.1, 0.15) is 12.4 Å². The Morgan fingerprint density at radius 3 is 2.44 bits per heavy atom. The van der Waals surface area contributed by atoms with Gasteiger partial charge in [-0.2, -0.15) is 0 Å². The Morgan fingerprint density at radius 1 is 1.12 bits per heavy atom. The second-order valence-corrected chi connectivity index (χ2v) is 7.04. The summed E-state index contributed by atoms with van der Waals surface area (Å²) in [6.45, 7) is 6.45. The molecule has 2 aromatic carbocycles. The Hall–Kier alpha value is -1.71. The van der Waals surface area contributed by atoms with Crippen LogP contribution in [0.3, 0.4) is 0 Å². The number of aryl methyl sites for hydroxylation is 2. The quantitative estimate of drug-likeness (QED) is 0.724. The van der Waals surface area contributed by atoms with Gasteiger partial charge in [-0.05, 0) is 68.1 Å². The van der Waals surface area contributed by atoms with Crippen molar-refractivity contribution in [3.05, 3.63) is 63.1 Å². The van der Waals surface area contributed by atoms with Gasteiger partial charge in [-0.3, -0.25) is 4.79 Å². The van der Waals surface area contributed by atoms with Crippen molar-refractivity contribution in [2.45, 2.75) is 39.7 Å². The molecule has 2 rings (SSSR count). The second-order valence-electron chi connectivity index (χ2n) is 6.23. The predicted octanol–water partition coefficient (Wildman–Crippen LogP) is 5.13. The normalized spacial score (nSPS) is 11.9. The summed E-state index contributed by atoms with van der Waals surface area (Å²) in [5.41, 5.74) is 3.22. The van der Waals surface area contributed by atoms with E-state index in [0.717, 1.165) is 11.3 Å². The van der Waals surface area contributed by atoms with Crippen LogP contribution in [0, 0.1) is 13.8 Å². The summed E-state index contributed by atoms with van der Waals surface area (Å²) in [6, 6.07) is 11.2. The molecular formula is C20H23Cl2NO2. The van der Waals surface area contributed by atoms with Crippen LogP contribution >= 0.6 is 23.2 Å². The maximum Gasteiger partial charge on any atom is 0.220 e. The van der Waals surface area contributed by atoms with Gasteiger partial charge in [0.15, 0.2) is 0 Å². The third-order valence-electron chi connectivity index (χ3n) is 4.05. The van der Waals surface area contributed by atoms with Crippen molar-refractivity contribution in [3.63, 3.8) is 0 Å². The lowest BCUT2D eigenvalue weighted by Crippen LogP contribution is -2.36. The summed E-state index contributed by atoms with van der Waals surface area (Å²) in [4.78, 5) is 12.1. The molecule has 0 fully saturated rings. The van der Waals surface area contributed by atoms with Crippen molar-refractivity contribution < 1.29 is 9.53 Å². The predicted molar refractivity (Wildman–Crippen MR) is 104 cm³/mol. The fourth-order valence-electron chi connectivity index (χ4n) is 2.42. The molecule has 0 aliphatic carbocycles. The van der Waals surface area contributed by atoms with Crippen LogP contribution in [-0.4, -0.2) is 18.6 Å². The fourth-order valence-corrected chi connectivity index (χ4v) is 3.01. The maximum absolute atomic E-state index is 12.1. The molecule has 0 unspecified atom stereocenters. The molecular weight excluding hydrogens is 357 g/mol. The van der Waals surface area contributed by atoms with E-state index in [0.29, 0.717) is 29.5 Å². The monoisotopic (exact) mass is 379 g/mol. The van der Waals surface area contributed by atoms with E-state index in [4.69, 9.17) is 27.9 Å². The zero-order chi connectivity index (χ0) is 18.4. The van der Waals surface area contributed by atoms with Crippen molar-refractivity contribution in [2.75, 3.05) is 6.61 Å². The van der Waals surface area contributed by atoms with Gasteiger partial charge in [-0.15, -0.1) is 0 Å². The number of carbonyl (C=O) groups excluding carboxylic acids is 1. The summed E-state index contributed by atoms with van der Waals surface area (Å²) in [5.74, 6) is 0.763. The number of nitrogens with one attached hydrogen (secondary N) is 1. The van der Waals surface area contributed by atoms with Gasteiger partial charge < -0.3 is 10.1 Å². The van der Waals surface area contributed by atoms with Gasteiger partial charge in [0.2, 0.25) is 5.91 Å². The molecule has 0 heterocycles. The van der Waals surface area contributed by atoms with Crippen LogP contribution in [-0.2, 0) is 11.2 Å². The van der Waals surface area contributed by atoms with Crippen LogP contribution in [0.5, 0.6) is 5.75 Å². The molecule has 1 N–H and O–H groups in total. The molecule has 5 heteroatoms. The molecule has 0 radical (unpaired) electrons. The number of halogens is 2. The molecule has 3 nitrogen and oxygen atoms in total. The highest BCUT2D eigenvalue weighted by Gasteiger charge is 2.11. The minimum Gasteiger partial charge on any atom is -0.491 e. The molecule has 1 amide bonds. The molecule has 2 aromatic rings. The SMILES string of the molecule is Cc1ccc(OC[C@H](C)NC(=O)CCc2c(Cl)cccc2Cl)cc1C. The molecule has 1 atom stereocenters. The van der Waals surface area contributed by atoms with E-state index in [9.17, 15) is 4.79 Å². The van der Waals surface area contributed by atoms with Crippen LogP contribution in [0.1, 0.15) is 30.0 Å². The lowest BCUT2D eigenvalue weighted by atomic mass is 10.1. The van der Waals surface area contributed by atoms with E-state index in [2.05, 4.69) is 12.2 Å². The first kappa shape index (κ1) is 19.6. The van der Waals surface area contributed by atoms with Crippen LogP contribution in [0.25, 0.3) is 0 Å². The van der Waals surface area contributed by atoms with Gasteiger partial charge in [0.05, 0.1) is 6.04 Å². The number of hydrogen-bond donors (Lipinski definition) is 1. The first-order valence-corrected chi connectivity index (χ1v) is 9.04. The lowest BCUT2D eigenvalue weighted by Gasteiger charge is -2.16. The standard InChI is InChI=1S/C20H23Cl2NO2/c1-13-7-8-16(11-14(13)2)25-12-15(3)23-20(24)10-9-17-18(21)5-4-6-19(17)22/h4-8,11,15H,9-10,12H2,1-3H3,(H,23,24)/t15-/m0/s1. The molecule has 0 aliphatic heterocycles. The third kappa shape index (κ3) is 5.94. The summed E-state index contributed by atoms with van der Waals surface area (Å²) >= 11 is 12.2. The average Bonchev–Trinajstić information content (AvgIpc) is 2.55. The zero-order valence-electron chi connectivity index (χ0n) is 14.7. The number of carbonyl (C=O) groups is 1. The van der Waals surface area contributed by atoms with Crippen molar-refractivity contribution in [3.8, 4) is 5.75 Å². The number of rotatable bonds is 7. The highest BCUT2D eigenvalue weighted by Crippen LogP contribution is 2.25. The lowest BCUT2D eigenvalue weighted by molar-refractivity contribution is -0.121. The maximum atomic E-state index is 12.1. The minimum atomic E-state index is -0.0872. The molecule has 134 valence electrons. The van der Waals surface area contributed by atoms with E-state index in [1.807, 2.05) is 32.0 Å². The van der Waals surface area contributed by atoms with E-state index in [1.54, 1.807) is 18.2 Å². The van der Waals surface area contributed by atoms with Crippen molar-refractivity contribution >= 4 is 29.1 Å². The van der Waals surface area contributed by atoms with Gasteiger partial charge >= 0.3 is 0 Å². The smallest absolute Gasteiger partial charge is 0.220 e. The summed E-state index contributed by atoms with van der Waals surface area (Å²) in [5, 5.41) is 4.11. The van der Waals surface area contributed by atoms with E-state index >= 15 is 0 Å². The molecule has 0 aromatic heterocycles. The molecule has 0 aliphatic rings. The van der Waals surface area contributed by atoms with Gasteiger partial charge in [-0.1, -0.05) is 35.3 Å². The van der Waals surface area contributed by atoms with Gasteiger partial charge in [0, 0.05) is 16.5 Å². The fraction of sp³-hybridized carbons (Fsp3) is 0.350. The average molecular weight is 380 g/mol. The van der Waals surface area contributed by atoms with Crippen molar-refractivity contribution in [1.29, 1.82) is 0 Å². The summed E-state index contributed by atoms with van der Waals surface area (Å²) < 4.78 is 5.75. The molecule has 0 saturated carbocycles. The van der Waals surface area contributed by atoms with Crippen molar-refractivity contribution in [1.82, 2.24) is 5.32 Å². The number of amides is 1. The number of ether oxygens (including phenoxy) is 1. The molecule has 25 heavy (non-hydrogen) atoms. The molecule has 0 saturated heterocycles.